The van der Waals surface area contributed by atoms with Crippen LogP contribution in [0.25, 0.3) is 0 Å². The minimum absolute atomic E-state index is 0.0189. The molecule has 0 aliphatic heterocycles. The lowest BCUT2D eigenvalue weighted by Crippen LogP contribution is -2.30. The highest BCUT2D eigenvalue weighted by molar-refractivity contribution is 5.94. The summed E-state index contributed by atoms with van der Waals surface area (Å²) >= 11 is 0. The van der Waals surface area contributed by atoms with E-state index < -0.39 is 0 Å². The van der Waals surface area contributed by atoms with Gasteiger partial charge in [0.1, 0.15) is 0 Å². The molecule has 0 spiro atoms. The Morgan fingerprint density at radius 1 is 1.17 bits per heavy atom. The van der Waals surface area contributed by atoms with Gasteiger partial charge in [-0.1, -0.05) is 44.2 Å². The van der Waals surface area contributed by atoms with Crippen molar-refractivity contribution in [2.45, 2.75) is 26.3 Å². The van der Waals surface area contributed by atoms with Gasteiger partial charge in [0, 0.05) is 18.7 Å². The van der Waals surface area contributed by atoms with E-state index in [-0.39, 0.29) is 5.91 Å². The molecule has 0 bridgehead atoms. The summed E-state index contributed by atoms with van der Waals surface area (Å²) in [5.74, 6) is 0.423. The van der Waals surface area contributed by atoms with Crippen molar-refractivity contribution in [1.82, 2.24) is 4.90 Å². The Labute approximate surface area is 143 Å². The second-order valence-corrected chi connectivity index (χ2v) is 6.06. The van der Waals surface area contributed by atoms with Crippen molar-refractivity contribution in [2.75, 3.05) is 6.54 Å². The Morgan fingerprint density at radius 3 is 2.29 bits per heavy atom. The van der Waals surface area contributed by atoms with E-state index in [2.05, 4.69) is 26.5 Å². The highest BCUT2D eigenvalue weighted by Crippen LogP contribution is 2.17. The molecule has 24 heavy (non-hydrogen) atoms. The number of rotatable bonds is 6. The molecule has 0 aliphatic rings. The van der Waals surface area contributed by atoms with Crippen molar-refractivity contribution in [2.24, 2.45) is 0 Å². The molecule has 0 fully saturated rings. The van der Waals surface area contributed by atoms with Crippen LogP contribution in [0.15, 0.2) is 61.2 Å². The fourth-order valence-corrected chi connectivity index (χ4v) is 2.47. The van der Waals surface area contributed by atoms with Crippen LogP contribution >= 0.6 is 0 Å². The Morgan fingerprint density at radius 2 is 1.79 bits per heavy atom. The van der Waals surface area contributed by atoms with Crippen molar-refractivity contribution in [1.29, 1.82) is 5.26 Å². The molecular formula is C21H22N2O. The first-order valence-electron chi connectivity index (χ1n) is 8.04. The average Bonchev–Trinajstić information content (AvgIpc) is 2.61. The molecule has 0 heterocycles. The van der Waals surface area contributed by atoms with Gasteiger partial charge < -0.3 is 4.90 Å². The van der Waals surface area contributed by atoms with Crippen LogP contribution in [-0.2, 0) is 6.54 Å². The maximum absolute atomic E-state index is 12.8. The lowest BCUT2D eigenvalue weighted by Gasteiger charge is -2.21. The first kappa shape index (κ1) is 17.5. The van der Waals surface area contributed by atoms with Gasteiger partial charge >= 0.3 is 0 Å². The zero-order valence-electron chi connectivity index (χ0n) is 14.2. The number of hydrogen-bond donors (Lipinski definition) is 0. The molecule has 0 saturated heterocycles. The fraction of sp³-hybridized carbons (Fsp3) is 0.238. The summed E-state index contributed by atoms with van der Waals surface area (Å²) in [6, 6.07) is 17.2. The average molecular weight is 318 g/mol. The minimum Gasteiger partial charge on any atom is -0.331 e. The third kappa shape index (κ3) is 4.33. The largest absolute Gasteiger partial charge is 0.331 e. The molecule has 2 aromatic rings. The van der Waals surface area contributed by atoms with Crippen LogP contribution in [0.4, 0.5) is 0 Å². The van der Waals surface area contributed by atoms with E-state index in [0.29, 0.717) is 30.1 Å². The highest BCUT2D eigenvalue weighted by atomic mass is 16.2. The monoisotopic (exact) mass is 318 g/mol. The molecule has 3 heteroatoms. The van der Waals surface area contributed by atoms with Crippen LogP contribution < -0.4 is 0 Å². The van der Waals surface area contributed by atoms with E-state index >= 15 is 0 Å². The molecule has 0 aromatic heterocycles. The second-order valence-electron chi connectivity index (χ2n) is 6.06. The van der Waals surface area contributed by atoms with Gasteiger partial charge in [-0.05, 0) is 41.3 Å². The lowest BCUT2D eigenvalue weighted by atomic mass is 10.0. The van der Waals surface area contributed by atoms with Crippen molar-refractivity contribution in [3.05, 3.63) is 83.4 Å². The van der Waals surface area contributed by atoms with Gasteiger partial charge in [0.2, 0.25) is 0 Å². The molecule has 0 radical (unpaired) electrons. The molecular weight excluding hydrogens is 296 g/mol. The maximum Gasteiger partial charge on any atom is 0.254 e. The lowest BCUT2D eigenvalue weighted by molar-refractivity contribution is 0.0762. The molecule has 0 unspecified atom stereocenters. The van der Waals surface area contributed by atoms with E-state index in [9.17, 15) is 4.79 Å². The summed E-state index contributed by atoms with van der Waals surface area (Å²) in [6.07, 6.45) is 1.73. The SMILES string of the molecule is C=CCN(Cc1ccc(C#N)cc1)C(=O)c1ccc(C(C)C)cc1. The number of amides is 1. The molecule has 0 N–H and O–H groups in total. The first-order valence-corrected chi connectivity index (χ1v) is 8.04. The molecule has 0 saturated carbocycles. The first-order chi connectivity index (χ1) is 11.5. The van der Waals surface area contributed by atoms with Gasteiger partial charge in [-0.2, -0.15) is 5.26 Å². The standard InChI is InChI=1S/C21H22N2O/c1-4-13-23(15-18-7-5-17(14-22)6-8-18)21(24)20-11-9-19(10-12-20)16(2)3/h4-12,16H,1,13,15H2,2-3H3. The number of carbonyl (C=O) groups excluding carboxylic acids is 1. The molecule has 122 valence electrons. The summed E-state index contributed by atoms with van der Waals surface area (Å²) < 4.78 is 0. The zero-order valence-corrected chi connectivity index (χ0v) is 14.2. The van der Waals surface area contributed by atoms with Crippen LogP contribution in [0.3, 0.4) is 0 Å². The third-order valence-corrected chi connectivity index (χ3v) is 3.92. The van der Waals surface area contributed by atoms with Crippen LogP contribution in [0.5, 0.6) is 0 Å². The maximum atomic E-state index is 12.8. The normalized spacial score (nSPS) is 10.2. The van der Waals surface area contributed by atoms with Crippen molar-refractivity contribution >= 4 is 5.91 Å². The molecule has 1 amide bonds. The van der Waals surface area contributed by atoms with E-state index in [0.717, 1.165) is 5.56 Å². The van der Waals surface area contributed by atoms with Gasteiger partial charge in [-0.25, -0.2) is 0 Å². The van der Waals surface area contributed by atoms with Crippen molar-refractivity contribution in [3.63, 3.8) is 0 Å². The van der Waals surface area contributed by atoms with Gasteiger partial charge in [0.25, 0.3) is 5.91 Å². The zero-order chi connectivity index (χ0) is 17.5. The van der Waals surface area contributed by atoms with Gasteiger partial charge in [0.15, 0.2) is 0 Å². The fourth-order valence-electron chi connectivity index (χ4n) is 2.47. The van der Waals surface area contributed by atoms with Crippen LogP contribution in [0.1, 0.15) is 46.8 Å². The topological polar surface area (TPSA) is 44.1 Å². The van der Waals surface area contributed by atoms with Gasteiger partial charge in [0.05, 0.1) is 11.6 Å². The summed E-state index contributed by atoms with van der Waals surface area (Å²) in [6.45, 7) is 8.97. The molecule has 2 aromatic carbocycles. The molecule has 0 aliphatic carbocycles. The van der Waals surface area contributed by atoms with Gasteiger partial charge in [-0.3, -0.25) is 4.79 Å². The smallest absolute Gasteiger partial charge is 0.254 e. The van der Waals surface area contributed by atoms with E-state index in [1.165, 1.54) is 5.56 Å². The number of nitriles is 1. The summed E-state index contributed by atoms with van der Waals surface area (Å²) in [7, 11) is 0. The van der Waals surface area contributed by atoms with Crippen LogP contribution in [-0.4, -0.2) is 17.4 Å². The van der Waals surface area contributed by atoms with Crippen molar-refractivity contribution < 1.29 is 4.79 Å². The predicted octanol–water partition coefficient (Wildman–Crippen LogP) is 4.51. The van der Waals surface area contributed by atoms with Crippen LogP contribution in [0.2, 0.25) is 0 Å². The van der Waals surface area contributed by atoms with E-state index in [1.54, 1.807) is 23.1 Å². The van der Waals surface area contributed by atoms with Crippen LogP contribution in [0, 0.1) is 11.3 Å². The Kier molecular flexibility index (Phi) is 5.92. The third-order valence-electron chi connectivity index (χ3n) is 3.92. The second kappa shape index (κ2) is 8.12. The Hall–Kier alpha value is -2.86. The van der Waals surface area contributed by atoms with E-state index in [1.807, 2.05) is 36.4 Å². The summed E-state index contributed by atoms with van der Waals surface area (Å²) in [5, 5.41) is 8.87. The van der Waals surface area contributed by atoms with Gasteiger partial charge in [-0.15, -0.1) is 6.58 Å². The number of nitrogens with zero attached hydrogens (tertiary/aromatic N) is 2. The Balaban J connectivity index is 2.17. The number of hydrogen-bond acceptors (Lipinski definition) is 2. The van der Waals surface area contributed by atoms with E-state index in [4.69, 9.17) is 5.26 Å². The molecule has 3 nitrogen and oxygen atoms in total. The Bertz CT molecular complexity index is 737. The quantitative estimate of drug-likeness (QED) is 0.736. The number of benzene rings is 2. The highest BCUT2D eigenvalue weighted by Gasteiger charge is 2.15. The minimum atomic E-state index is -0.0189. The summed E-state index contributed by atoms with van der Waals surface area (Å²) in [4.78, 5) is 14.5. The predicted molar refractivity (Wildman–Crippen MR) is 96.6 cm³/mol. The molecule has 0 atom stereocenters. The summed E-state index contributed by atoms with van der Waals surface area (Å²) in [5.41, 5.74) is 3.50. The molecule has 2 rings (SSSR count). The van der Waals surface area contributed by atoms with Crippen molar-refractivity contribution in [3.8, 4) is 6.07 Å². The number of carbonyl (C=O) groups is 1.